The minimum absolute atomic E-state index is 0.321. The van der Waals surface area contributed by atoms with Crippen molar-refractivity contribution in [2.45, 2.75) is 36.3 Å². The fourth-order valence-corrected chi connectivity index (χ4v) is 2.25. The van der Waals surface area contributed by atoms with Crippen LogP contribution in [0, 0.1) is 0 Å². The van der Waals surface area contributed by atoms with Gasteiger partial charge in [0.05, 0.1) is 16.8 Å². The van der Waals surface area contributed by atoms with Crippen LogP contribution in [0.15, 0.2) is 34.4 Å². The normalized spacial score (nSPS) is 11.6. The number of aryl methyl sites for hydroxylation is 1. The highest BCUT2D eigenvalue weighted by Crippen LogP contribution is 2.30. The number of nitrogens with zero attached hydrogens (tertiary/aromatic N) is 3. The summed E-state index contributed by atoms with van der Waals surface area (Å²) < 4.78 is 7.50. The van der Waals surface area contributed by atoms with E-state index in [4.69, 9.17) is 10.5 Å². The molecule has 0 radical (unpaired) electrons. The number of rotatable bonds is 3. The van der Waals surface area contributed by atoms with E-state index in [0.717, 1.165) is 9.92 Å². The molecule has 0 unspecified atom stereocenters. The summed E-state index contributed by atoms with van der Waals surface area (Å²) in [6, 6.07) is 3.69. The van der Waals surface area contributed by atoms with Gasteiger partial charge in [-0.3, -0.25) is 4.68 Å². The van der Waals surface area contributed by atoms with Crippen LogP contribution in [0.25, 0.3) is 0 Å². The van der Waals surface area contributed by atoms with E-state index in [9.17, 15) is 0 Å². The van der Waals surface area contributed by atoms with E-state index < -0.39 is 0 Å². The van der Waals surface area contributed by atoms with Crippen LogP contribution in [0.2, 0.25) is 0 Å². The predicted molar refractivity (Wildman–Crippen MR) is 76.4 cm³/mol. The molecule has 2 aromatic rings. The second-order valence-corrected chi connectivity index (χ2v) is 6.30. The van der Waals surface area contributed by atoms with Gasteiger partial charge in [0, 0.05) is 13.2 Å². The fourth-order valence-electron chi connectivity index (χ4n) is 1.44. The zero-order valence-corrected chi connectivity index (χ0v) is 12.4. The third kappa shape index (κ3) is 3.89. The third-order valence-electron chi connectivity index (χ3n) is 2.17. The molecule has 0 aromatic carbocycles. The zero-order valence-electron chi connectivity index (χ0n) is 11.5. The van der Waals surface area contributed by atoms with Crippen molar-refractivity contribution in [1.29, 1.82) is 0 Å². The first-order valence-corrected chi connectivity index (χ1v) is 6.77. The predicted octanol–water partition coefficient (Wildman–Crippen LogP) is 2.73. The molecule has 0 fully saturated rings. The lowest BCUT2D eigenvalue weighted by atomic mass is 10.2. The molecule has 2 aromatic heterocycles. The lowest BCUT2D eigenvalue weighted by Gasteiger charge is -2.21. The Kier molecular flexibility index (Phi) is 3.71. The number of anilines is 1. The Morgan fingerprint density at radius 2 is 2.05 bits per heavy atom. The molecule has 0 spiro atoms. The number of aromatic nitrogens is 3. The van der Waals surface area contributed by atoms with Gasteiger partial charge in [-0.25, -0.2) is 4.98 Å². The van der Waals surface area contributed by atoms with Crippen LogP contribution in [0.4, 0.5) is 5.69 Å². The number of hydrogen-bond donors (Lipinski definition) is 1. The van der Waals surface area contributed by atoms with Gasteiger partial charge in [-0.2, -0.15) is 5.10 Å². The van der Waals surface area contributed by atoms with Crippen LogP contribution in [-0.4, -0.2) is 20.4 Å². The third-order valence-corrected chi connectivity index (χ3v) is 3.05. The van der Waals surface area contributed by atoms with Gasteiger partial charge in [-0.1, -0.05) is 11.8 Å². The van der Waals surface area contributed by atoms with Crippen LogP contribution >= 0.6 is 11.8 Å². The van der Waals surface area contributed by atoms with Crippen molar-refractivity contribution in [3.63, 3.8) is 0 Å². The van der Waals surface area contributed by atoms with Crippen LogP contribution < -0.4 is 10.5 Å². The van der Waals surface area contributed by atoms with Gasteiger partial charge in [0.15, 0.2) is 0 Å². The summed E-state index contributed by atoms with van der Waals surface area (Å²) in [7, 11) is 1.88. The lowest BCUT2D eigenvalue weighted by Crippen LogP contribution is -2.24. The number of nitrogens with two attached hydrogens (primary N) is 1. The first-order valence-electron chi connectivity index (χ1n) is 5.95. The first-order chi connectivity index (χ1) is 8.83. The summed E-state index contributed by atoms with van der Waals surface area (Å²) in [6.07, 6.45) is 3.74. The molecule has 2 rings (SSSR count). The molecule has 0 saturated heterocycles. The molecule has 0 aliphatic heterocycles. The summed E-state index contributed by atoms with van der Waals surface area (Å²) in [5.41, 5.74) is 6.11. The van der Waals surface area contributed by atoms with Crippen molar-refractivity contribution < 1.29 is 4.74 Å². The molecule has 102 valence electrons. The Labute approximate surface area is 117 Å². The van der Waals surface area contributed by atoms with Gasteiger partial charge in [0.25, 0.3) is 0 Å². The maximum absolute atomic E-state index is 5.88. The minimum atomic E-state index is -0.321. The van der Waals surface area contributed by atoms with Gasteiger partial charge in [-0.15, -0.1) is 0 Å². The lowest BCUT2D eigenvalue weighted by molar-refractivity contribution is 0.124. The molecule has 6 heteroatoms. The van der Waals surface area contributed by atoms with Gasteiger partial charge in [-0.05, 0) is 32.9 Å². The molecule has 0 aliphatic rings. The number of hydrogen-bond acceptors (Lipinski definition) is 5. The molecular formula is C13H18N4OS. The fraction of sp³-hybridized carbons (Fsp3) is 0.385. The highest BCUT2D eigenvalue weighted by molar-refractivity contribution is 7.99. The minimum Gasteiger partial charge on any atom is -0.470 e. The first kappa shape index (κ1) is 13.7. The molecule has 0 amide bonds. The molecule has 0 saturated carbocycles. The van der Waals surface area contributed by atoms with Crippen LogP contribution in [-0.2, 0) is 7.05 Å². The van der Waals surface area contributed by atoms with Crippen molar-refractivity contribution in [3.05, 3.63) is 24.5 Å². The summed E-state index contributed by atoms with van der Waals surface area (Å²) >= 11 is 1.53. The Morgan fingerprint density at radius 1 is 1.32 bits per heavy atom. The van der Waals surface area contributed by atoms with E-state index in [1.165, 1.54) is 11.8 Å². The average molecular weight is 278 g/mol. The highest BCUT2D eigenvalue weighted by atomic mass is 32.2. The number of pyridine rings is 1. The zero-order chi connectivity index (χ0) is 14.0. The summed E-state index contributed by atoms with van der Waals surface area (Å²) in [5, 5.41) is 4.96. The van der Waals surface area contributed by atoms with Crippen molar-refractivity contribution in [3.8, 4) is 5.88 Å². The highest BCUT2D eigenvalue weighted by Gasteiger charge is 2.15. The van der Waals surface area contributed by atoms with Crippen LogP contribution in [0.3, 0.4) is 0 Å². The second kappa shape index (κ2) is 5.13. The number of nitrogen functional groups attached to an aromatic ring is 1. The van der Waals surface area contributed by atoms with E-state index in [2.05, 4.69) is 10.1 Å². The van der Waals surface area contributed by atoms with Crippen molar-refractivity contribution in [2.24, 2.45) is 7.05 Å². The molecule has 0 bridgehead atoms. The van der Waals surface area contributed by atoms with Crippen LogP contribution in [0.5, 0.6) is 5.88 Å². The van der Waals surface area contributed by atoms with E-state index in [1.54, 1.807) is 10.9 Å². The quantitative estimate of drug-likeness (QED) is 0.935. The van der Waals surface area contributed by atoms with Gasteiger partial charge in [0.2, 0.25) is 5.88 Å². The molecule has 2 N–H and O–H groups in total. The maximum atomic E-state index is 5.88. The summed E-state index contributed by atoms with van der Waals surface area (Å²) in [6.45, 7) is 5.90. The maximum Gasteiger partial charge on any atom is 0.238 e. The van der Waals surface area contributed by atoms with E-state index in [-0.39, 0.29) is 5.60 Å². The van der Waals surface area contributed by atoms with Crippen LogP contribution in [0.1, 0.15) is 20.8 Å². The SMILES string of the molecule is Cn1cc(Sc2ccc(N)c(OC(C)(C)C)n2)cn1. The average Bonchev–Trinajstić information content (AvgIpc) is 2.67. The molecule has 5 nitrogen and oxygen atoms in total. The van der Waals surface area contributed by atoms with Gasteiger partial charge in [0.1, 0.15) is 10.6 Å². The van der Waals surface area contributed by atoms with Crippen molar-refractivity contribution in [2.75, 3.05) is 5.73 Å². The standard InChI is InChI=1S/C13H18N4OS/c1-13(2,3)18-12-10(14)5-6-11(16-12)19-9-7-15-17(4)8-9/h5-8H,14H2,1-4H3. The Morgan fingerprint density at radius 3 is 2.63 bits per heavy atom. The summed E-state index contributed by atoms with van der Waals surface area (Å²) in [4.78, 5) is 5.47. The molecule has 19 heavy (non-hydrogen) atoms. The monoisotopic (exact) mass is 278 g/mol. The smallest absolute Gasteiger partial charge is 0.238 e. The van der Waals surface area contributed by atoms with Crippen molar-refractivity contribution in [1.82, 2.24) is 14.8 Å². The van der Waals surface area contributed by atoms with E-state index >= 15 is 0 Å². The molecule has 0 atom stereocenters. The molecule has 0 aliphatic carbocycles. The largest absolute Gasteiger partial charge is 0.470 e. The Balaban J connectivity index is 2.21. The molecular weight excluding hydrogens is 260 g/mol. The Hall–Kier alpha value is -1.69. The molecule has 2 heterocycles. The summed E-state index contributed by atoms with van der Waals surface area (Å²) in [5.74, 6) is 0.474. The van der Waals surface area contributed by atoms with E-state index in [0.29, 0.717) is 11.6 Å². The Bertz CT molecular complexity index is 574. The number of ether oxygens (including phenoxy) is 1. The second-order valence-electron chi connectivity index (χ2n) is 5.21. The van der Waals surface area contributed by atoms with Crippen molar-refractivity contribution >= 4 is 17.4 Å². The van der Waals surface area contributed by atoms with E-state index in [1.807, 2.05) is 46.1 Å². The van der Waals surface area contributed by atoms with Gasteiger partial charge >= 0.3 is 0 Å². The van der Waals surface area contributed by atoms with Gasteiger partial charge < -0.3 is 10.5 Å². The topological polar surface area (TPSA) is 66.0 Å².